The maximum absolute atomic E-state index is 12.7. The molecule has 10 heteroatoms. The molecule has 5 nitrogen and oxygen atoms in total. The van der Waals surface area contributed by atoms with Gasteiger partial charge in [0.2, 0.25) is 0 Å². The molecule has 0 bridgehead atoms. The minimum Gasteiger partial charge on any atom is -0.586 e. The second-order valence-corrected chi connectivity index (χ2v) is 8.98. The van der Waals surface area contributed by atoms with Crippen molar-refractivity contribution in [1.82, 2.24) is 4.98 Å². The second-order valence-electron chi connectivity index (χ2n) is 6.80. The first-order valence-electron chi connectivity index (χ1n) is 9.00. The number of hydrogen-bond donors (Lipinski definition) is 2. The average molecular weight is 454 g/mol. The molecule has 2 heterocycles. The van der Waals surface area contributed by atoms with Crippen LogP contribution in [-0.2, 0) is 17.8 Å². The highest BCUT2D eigenvalue weighted by molar-refractivity contribution is 7.93. The summed E-state index contributed by atoms with van der Waals surface area (Å²) in [5.74, 6) is 0.360. The zero-order valence-electron chi connectivity index (χ0n) is 15.4. The van der Waals surface area contributed by atoms with E-state index in [1.54, 1.807) is 48.1 Å². The first-order chi connectivity index (χ1) is 14.3. The predicted molar refractivity (Wildman–Crippen MR) is 109 cm³/mol. The Morgan fingerprint density at radius 1 is 1.27 bits per heavy atom. The fourth-order valence-corrected chi connectivity index (χ4v) is 4.55. The van der Waals surface area contributed by atoms with Crippen molar-refractivity contribution in [3.05, 3.63) is 64.6 Å². The summed E-state index contributed by atoms with van der Waals surface area (Å²) in [6.45, 7) is 0.313. The van der Waals surface area contributed by atoms with Crippen molar-refractivity contribution in [3.63, 3.8) is 0 Å². The summed E-state index contributed by atoms with van der Waals surface area (Å²) in [7, 11) is 0. The summed E-state index contributed by atoms with van der Waals surface area (Å²) in [6, 6.07) is 11.4. The highest BCUT2D eigenvalue weighted by atomic mass is 32.2. The number of alkyl halides is 3. The maximum Gasteiger partial charge on any atom is 0.598 e. The van der Waals surface area contributed by atoms with E-state index >= 15 is 0 Å². The molecule has 0 saturated carbocycles. The molecule has 1 aromatic heterocycles. The number of aliphatic hydroxyl groups is 1. The lowest BCUT2D eigenvalue weighted by atomic mass is 9.89. The number of nitrogens with one attached hydrogen (secondary N) is 1. The first kappa shape index (κ1) is 21.0. The number of fused-ring (bicyclic) bond motifs is 1. The number of halogens is 3. The Kier molecular flexibility index (Phi) is 5.92. The SMILES string of the molecule is [O-][S+](Nc1ccccc1-c1ccc2c(c1)OCC(Cc1cncs1)C2O)C(F)(F)F. The summed E-state index contributed by atoms with van der Waals surface area (Å²) < 4.78 is 57.4. The maximum atomic E-state index is 12.7. The van der Waals surface area contributed by atoms with E-state index in [1.807, 2.05) is 4.72 Å². The molecule has 1 aliphatic heterocycles. The van der Waals surface area contributed by atoms with Crippen molar-refractivity contribution in [2.24, 2.45) is 5.92 Å². The lowest BCUT2D eigenvalue weighted by Crippen LogP contribution is -2.30. The first-order valence-corrected chi connectivity index (χ1v) is 11.0. The second kappa shape index (κ2) is 8.46. The van der Waals surface area contributed by atoms with E-state index in [2.05, 4.69) is 4.98 Å². The van der Waals surface area contributed by atoms with Crippen LogP contribution in [0, 0.1) is 5.92 Å². The van der Waals surface area contributed by atoms with Gasteiger partial charge >= 0.3 is 5.51 Å². The Hall–Kier alpha value is -2.27. The summed E-state index contributed by atoms with van der Waals surface area (Å²) in [5, 5.41) is 10.8. The highest BCUT2D eigenvalue weighted by Gasteiger charge is 2.46. The van der Waals surface area contributed by atoms with E-state index in [-0.39, 0.29) is 11.6 Å². The van der Waals surface area contributed by atoms with E-state index < -0.39 is 23.0 Å². The number of rotatable bonds is 5. The zero-order valence-corrected chi connectivity index (χ0v) is 17.1. The van der Waals surface area contributed by atoms with Crippen molar-refractivity contribution in [2.75, 3.05) is 11.3 Å². The fraction of sp³-hybridized carbons (Fsp3) is 0.250. The van der Waals surface area contributed by atoms with E-state index in [4.69, 9.17) is 4.74 Å². The molecular weight excluding hydrogens is 437 g/mol. The van der Waals surface area contributed by atoms with Gasteiger partial charge in [-0.25, -0.2) is 0 Å². The Morgan fingerprint density at radius 3 is 2.80 bits per heavy atom. The molecular formula is C20H17F3N2O3S2. The van der Waals surface area contributed by atoms with Gasteiger partial charge in [-0.3, -0.25) is 4.98 Å². The lowest BCUT2D eigenvalue weighted by Gasteiger charge is -2.30. The van der Waals surface area contributed by atoms with Gasteiger partial charge in [0.25, 0.3) is 0 Å². The molecule has 2 aromatic carbocycles. The molecule has 0 radical (unpaired) electrons. The van der Waals surface area contributed by atoms with Crippen LogP contribution in [-0.4, -0.2) is 26.8 Å². The van der Waals surface area contributed by atoms with Crippen LogP contribution in [0.15, 0.2) is 54.2 Å². The number of hydrogen-bond acceptors (Lipinski definition) is 6. The molecule has 3 unspecified atom stereocenters. The van der Waals surface area contributed by atoms with Crippen LogP contribution in [0.25, 0.3) is 11.1 Å². The van der Waals surface area contributed by atoms with Gasteiger partial charge in [-0.2, -0.15) is 4.72 Å². The molecule has 0 fully saturated rings. The third kappa shape index (κ3) is 4.41. The van der Waals surface area contributed by atoms with Crippen LogP contribution in [0.2, 0.25) is 0 Å². The third-order valence-electron chi connectivity index (χ3n) is 4.83. The molecule has 30 heavy (non-hydrogen) atoms. The quantitative estimate of drug-likeness (QED) is 0.547. The third-order valence-corrected chi connectivity index (χ3v) is 6.46. The number of anilines is 1. The van der Waals surface area contributed by atoms with E-state index in [0.29, 0.717) is 35.5 Å². The van der Waals surface area contributed by atoms with Crippen LogP contribution in [0.1, 0.15) is 16.5 Å². The van der Waals surface area contributed by atoms with Crippen molar-refractivity contribution in [2.45, 2.75) is 18.0 Å². The molecule has 0 saturated heterocycles. The predicted octanol–water partition coefficient (Wildman–Crippen LogP) is 4.69. The number of benzene rings is 2. The van der Waals surface area contributed by atoms with Crippen LogP contribution >= 0.6 is 11.3 Å². The van der Waals surface area contributed by atoms with Crippen molar-refractivity contribution < 1.29 is 27.6 Å². The van der Waals surface area contributed by atoms with Gasteiger partial charge in [0.05, 0.1) is 23.9 Å². The standard InChI is InChI=1S/C20H17F3N2O3S2/c21-20(22,23)30(27)25-17-4-2-1-3-15(17)12-5-6-16-18(8-12)28-10-13(19(16)26)7-14-9-24-11-29-14/h1-6,8-9,11,13,19,25-26H,7,10H2. The fourth-order valence-electron chi connectivity index (χ4n) is 3.37. The van der Waals surface area contributed by atoms with E-state index in [9.17, 15) is 22.8 Å². The van der Waals surface area contributed by atoms with Gasteiger partial charge in [-0.05, 0) is 24.1 Å². The lowest BCUT2D eigenvalue weighted by molar-refractivity contribution is -0.0428. The van der Waals surface area contributed by atoms with Gasteiger partial charge in [-0.15, -0.1) is 24.5 Å². The number of aliphatic hydroxyl groups excluding tert-OH is 1. The monoisotopic (exact) mass is 454 g/mol. The zero-order chi connectivity index (χ0) is 21.3. The molecule has 158 valence electrons. The molecule has 1 aliphatic rings. The Morgan fingerprint density at radius 2 is 2.07 bits per heavy atom. The molecule has 0 amide bonds. The molecule has 0 spiro atoms. The highest BCUT2D eigenvalue weighted by Crippen LogP contribution is 2.41. The molecule has 0 aliphatic carbocycles. The summed E-state index contributed by atoms with van der Waals surface area (Å²) >= 11 is -1.71. The van der Waals surface area contributed by atoms with Crippen molar-refractivity contribution >= 4 is 28.4 Å². The Bertz CT molecular complexity index is 1010. The van der Waals surface area contributed by atoms with Crippen molar-refractivity contribution in [1.29, 1.82) is 0 Å². The molecule has 4 rings (SSSR count). The summed E-state index contributed by atoms with van der Waals surface area (Å²) in [5.41, 5.74) is -1.38. The number of nitrogens with zero attached hydrogens (tertiary/aromatic N) is 1. The minimum absolute atomic E-state index is 0.0903. The number of para-hydroxylation sites is 1. The van der Waals surface area contributed by atoms with Gasteiger partial charge in [-0.1, -0.05) is 30.3 Å². The van der Waals surface area contributed by atoms with E-state index in [1.165, 1.54) is 17.4 Å². The van der Waals surface area contributed by atoms with Crippen LogP contribution in [0.4, 0.5) is 18.9 Å². The van der Waals surface area contributed by atoms with Crippen LogP contribution in [0.3, 0.4) is 0 Å². The number of thiazole rings is 1. The normalized spacial score (nSPS) is 19.6. The summed E-state index contributed by atoms with van der Waals surface area (Å²) in [4.78, 5) is 5.10. The Labute approximate surface area is 177 Å². The van der Waals surface area contributed by atoms with Gasteiger partial charge in [0, 0.05) is 28.1 Å². The smallest absolute Gasteiger partial charge is 0.586 e. The van der Waals surface area contributed by atoms with Crippen LogP contribution < -0.4 is 9.46 Å². The van der Waals surface area contributed by atoms with Crippen LogP contribution in [0.5, 0.6) is 5.75 Å². The van der Waals surface area contributed by atoms with E-state index in [0.717, 1.165) is 4.88 Å². The topological polar surface area (TPSA) is 77.4 Å². The Balaban J connectivity index is 1.59. The minimum atomic E-state index is -4.87. The largest absolute Gasteiger partial charge is 0.598 e. The number of aromatic nitrogens is 1. The van der Waals surface area contributed by atoms with Gasteiger partial charge in [0.15, 0.2) is 11.4 Å². The molecule has 2 N–H and O–H groups in total. The molecule has 3 atom stereocenters. The summed E-state index contributed by atoms with van der Waals surface area (Å²) in [6.07, 6.45) is 1.68. The average Bonchev–Trinajstić information content (AvgIpc) is 3.23. The van der Waals surface area contributed by atoms with Gasteiger partial charge in [0.1, 0.15) is 5.75 Å². The number of ether oxygens (including phenoxy) is 1. The van der Waals surface area contributed by atoms with Gasteiger partial charge < -0.3 is 14.4 Å². The molecule has 3 aromatic rings. The van der Waals surface area contributed by atoms with Crippen molar-refractivity contribution in [3.8, 4) is 16.9 Å².